The minimum Gasteiger partial charge on any atom is -0.348 e. The quantitative estimate of drug-likeness (QED) is 0.722. The van der Waals surface area contributed by atoms with E-state index < -0.39 is 11.2 Å². The maximum atomic E-state index is 13.0. The van der Waals surface area contributed by atoms with Crippen LogP contribution in [0.3, 0.4) is 0 Å². The van der Waals surface area contributed by atoms with Gasteiger partial charge in [0.1, 0.15) is 0 Å². The van der Waals surface area contributed by atoms with Gasteiger partial charge in [-0.2, -0.15) is 0 Å². The van der Waals surface area contributed by atoms with Gasteiger partial charge in [0.2, 0.25) is 0 Å². The number of piperidine rings is 1. The van der Waals surface area contributed by atoms with Crippen LogP contribution in [-0.2, 0) is 6.54 Å². The largest absolute Gasteiger partial charge is 0.348 e. The fraction of sp³-hybridized carbons (Fsp3) is 0.579. The summed E-state index contributed by atoms with van der Waals surface area (Å²) >= 11 is 0. The second kappa shape index (κ2) is 7.26. The number of aromatic nitrogens is 3. The molecule has 0 spiro atoms. The number of hydrogen-bond donors (Lipinski definition) is 3. The smallest absolute Gasteiger partial charge is 0.329 e. The van der Waals surface area contributed by atoms with Gasteiger partial charge >= 0.3 is 5.69 Å². The van der Waals surface area contributed by atoms with Crippen molar-refractivity contribution in [1.82, 2.24) is 25.2 Å². The second-order valence-corrected chi connectivity index (χ2v) is 7.50. The van der Waals surface area contributed by atoms with Gasteiger partial charge in [-0.1, -0.05) is 6.92 Å². The highest BCUT2D eigenvalue weighted by molar-refractivity contribution is 6.05. The Kier molecular flexibility index (Phi) is 4.82. The van der Waals surface area contributed by atoms with Crippen molar-refractivity contribution in [1.29, 1.82) is 0 Å². The number of aromatic amines is 1. The molecule has 0 radical (unpaired) electrons. The zero-order valence-corrected chi connectivity index (χ0v) is 15.5. The van der Waals surface area contributed by atoms with E-state index in [1.165, 1.54) is 4.57 Å². The Balaban J connectivity index is 1.85. The van der Waals surface area contributed by atoms with E-state index in [9.17, 15) is 14.4 Å². The first kappa shape index (κ1) is 17.9. The molecule has 8 nitrogen and oxygen atoms in total. The van der Waals surface area contributed by atoms with Crippen LogP contribution >= 0.6 is 0 Å². The summed E-state index contributed by atoms with van der Waals surface area (Å²) in [5, 5.41) is 6.51. The Labute approximate surface area is 156 Å². The van der Waals surface area contributed by atoms with Crippen LogP contribution in [-0.4, -0.2) is 39.6 Å². The van der Waals surface area contributed by atoms with E-state index >= 15 is 0 Å². The van der Waals surface area contributed by atoms with Crippen molar-refractivity contribution in [2.75, 3.05) is 13.1 Å². The van der Waals surface area contributed by atoms with Crippen molar-refractivity contribution >= 4 is 16.9 Å². The molecule has 1 amide bonds. The number of H-pyrrole nitrogens is 1. The summed E-state index contributed by atoms with van der Waals surface area (Å²) in [6.45, 7) is 4.08. The summed E-state index contributed by atoms with van der Waals surface area (Å²) in [5.41, 5.74) is 0.409. The molecule has 0 aromatic carbocycles. The summed E-state index contributed by atoms with van der Waals surface area (Å²) in [7, 11) is 0. The van der Waals surface area contributed by atoms with Crippen LogP contribution < -0.4 is 21.9 Å². The number of fused-ring (bicyclic) bond motifs is 1. The number of amides is 1. The van der Waals surface area contributed by atoms with E-state index in [-0.39, 0.29) is 17.3 Å². The minimum absolute atomic E-state index is 0.0412. The van der Waals surface area contributed by atoms with Crippen LogP contribution in [0.4, 0.5) is 0 Å². The van der Waals surface area contributed by atoms with Crippen LogP contribution in [0.1, 0.15) is 61.0 Å². The third-order valence-electron chi connectivity index (χ3n) is 5.29. The zero-order chi connectivity index (χ0) is 19.0. The van der Waals surface area contributed by atoms with E-state index in [0.717, 1.165) is 50.9 Å². The van der Waals surface area contributed by atoms with E-state index in [4.69, 9.17) is 0 Å². The van der Waals surface area contributed by atoms with Gasteiger partial charge in [0, 0.05) is 30.7 Å². The van der Waals surface area contributed by atoms with Gasteiger partial charge in [0.25, 0.3) is 11.5 Å². The molecule has 2 fully saturated rings. The average molecular weight is 371 g/mol. The second-order valence-electron chi connectivity index (χ2n) is 7.50. The lowest BCUT2D eigenvalue weighted by Gasteiger charge is -2.24. The molecule has 2 aromatic heterocycles. The van der Waals surface area contributed by atoms with Crippen LogP contribution in [0, 0.1) is 0 Å². The Morgan fingerprint density at radius 2 is 2.15 bits per heavy atom. The number of carbonyl (C=O) groups is 1. The molecule has 3 N–H and O–H groups in total. The van der Waals surface area contributed by atoms with Crippen molar-refractivity contribution in [3.05, 3.63) is 38.2 Å². The van der Waals surface area contributed by atoms with Gasteiger partial charge in [0.15, 0.2) is 5.65 Å². The van der Waals surface area contributed by atoms with Gasteiger partial charge in [-0.15, -0.1) is 0 Å². The predicted molar refractivity (Wildman–Crippen MR) is 102 cm³/mol. The van der Waals surface area contributed by atoms with Crippen molar-refractivity contribution in [2.45, 2.75) is 57.5 Å². The van der Waals surface area contributed by atoms with Gasteiger partial charge in [-0.05, 0) is 44.7 Å². The average Bonchev–Trinajstić information content (AvgIpc) is 3.50. The molecule has 4 rings (SSSR count). The number of nitrogens with one attached hydrogen (secondary N) is 3. The van der Waals surface area contributed by atoms with Gasteiger partial charge in [-0.3, -0.25) is 19.1 Å². The van der Waals surface area contributed by atoms with E-state index in [0.29, 0.717) is 23.7 Å². The lowest BCUT2D eigenvalue weighted by Crippen LogP contribution is -2.46. The van der Waals surface area contributed by atoms with E-state index in [1.807, 2.05) is 6.92 Å². The first-order chi connectivity index (χ1) is 13.1. The van der Waals surface area contributed by atoms with Crippen molar-refractivity contribution < 1.29 is 4.79 Å². The molecule has 1 aliphatic heterocycles. The number of carbonyl (C=O) groups excluding carboxylic acids is 1. The standard InChI is InChI=1S/C19H25N5O3/c1-2-8-24-16-15(18(26)23-19(24)27)13(9-14(22-16)11-5-6-11)17(25)21-12-4-3-7-20-10-12/h9,11-12,20H,2-8,10H2,1H3,(H,21,25)(H,23,26,27). The topological polar surface area (TPSA) is 109 Å². The first-order valence-electron chi connectivity index (χ1n) is 9.77. The molecule has 144 valence electrons. The van der Waals surface area contributed by atoms with E-state index in [2.05, 4.69) is 20.6 Å². The van der Waals surface area contributed by atoms with E-state index in [1.54, 1.807) is 6.07 Å². The fourth-order valence-electron chi connectivity index (χ4n) is 3.73. The lowest BCUT2D eigenvalue weighted by molar-refractivity contribution is 0.0932. The maximum absolute atomic E-state index is 13.0. The number of nitrogens with zero attached hydrogens (tertiary/aromatic N) is 2. The molecule has 8 heteroatoms. The SMILES string of the molecule is CCCn1c(=O)[nH]c(=O)c2c(C(=O)NC3CCCNC3)cc(C3CC3)nc21. The van der Waals surface area contributed by atoms with Crippen molar-refractivity contribution in [2.24, 2.45) is 0 Å². The molecule has 2 aromatic rings. The molecule has 2 aliphatic rings. The van der Waals surface area contributed by atoms with Gasteiger partial charge < -0.3 is 10.6 Å². The molecular weight excluding hydrogens is 346 g/mol. The van der Waals surface area contributed by atoms with Gasteiger partial charge in [-0.25, -0.2) is 9.78 Å². The Morgan fingerprint density at radius 3 is 2.81 bits per heavy atom. The Morgan fingerprint density at radius 1 is 1.33 bits per heavy atom. The normalized spacial score (nSPS) is 20.0. The molecule has 27 heavy (non-hydrogen) atoms. The summed E-state index contributed by atoms with van der Waals surface area (Å²) < 4.78 is 1.47. The van der Waals surface area contributed by atoms with Crippen LogP contribution in [0.2, 0.25) is 0 Å². The molecule has 0 bridgehead atoms. The number of hydrogen-bond acceptors (Lipinski definition) is 5. The van der Waals surface area contributed by atoms with Crippen LogP contribution in [0.15, 0.2) is 15.7 Å². The van der Waals surface area contributed by atoms with Crippen LogP contribution in [0.5, 0.6) is 0 Å². The number of rotatable bonds is 5. The third kappa shape index (κ3) is 3.53. The fourth-order valence-corrected chi connectivity index (χ4v) is 3.73. The van der Waals surface area contributed by atoms with Crippen molar-refractivity contribution in [3.8, 4) is 0 Å². The molecule has 1 aliphatic carbocycles. The molecule has 3 heterocycles. The monoisotopic (exact) mass is 371 g/mol. The van der Waals surface area contributed by atoms with Crippen molar-refractivity contribution in [3.63, 3.8) is 0 Å². The summed E-state index contributed by atoms with van der Waals surface area (Å²) in [5.74, 6) is 0.0342. The Bertz CT molecular complexity index is 983. The highest BCUT2D eigenvalue weighted by Crippen LogP contribution is 2.39. The Hall–Kier alpha value is -2.48. The minimum atomic E-state index is -0.552. The summed E-state index contributed by atoms with van der Waals surface area (Å²) in [6.07, 6.45) is 4.69. The summed E-state index contributed by atoms with van der Waals surface area (Å²) in [4.78, 5) is 44.9. The zero-order valence-electron chi connectivity index (χ0n) is 15.5. The number of aryl methyl sites for hydroxylation is 1. The highest BCUT2D eigenvalue weighted by atomic mass is 16.2. The first-order valence-corrected chi connectivity index (χ1v) is 9.77. The maximum Gasteiger partial charge on any atom is 0.329 e. The molecule has 1 saturated heterocycles. The molecule has 1 saturated carbocycles. The third-order valence-corrected chi connectivity index (χ3v) is 5.29. The molecule has 1 unspecified atom stereocenters. The lowest BCUT2D eigenvalue weighted by atomic mass is 10.0. The highest BCUT2D eigenvalue weighted by Gasteiger charge is 2.29. The van der Waals surface area contributed by atoms with Crippen LogP contribution in [0.25, 0.3) is 11.0 Å². The summed E-state index contributed by atoms with van der Waals surface area (Å²) in [6, 6.07) is 1.78. The molecule has 1 atom stereocenters. The molecular formula is C19H25N5O3. The van der Waals surface area contributed by atoms with Gasteiger partial charge in [0.05, 0.1) is 10.9 Å². The number of pyridine rings is 1. The predicted octanol–water partition coefficient (Wildman–Crippen LogP) is 0.854.